The molecule has 1 atom stereocenters. The van der Waals surface area contributed by atoms with E-state index in [2.05, 4.69) is 48.5 Å². The molecule has 0 radical (unpaired) electrons. The number of hydrogen-bond acceptors (Lipinski definition) is 4. The number of aliphatic hydroxyl groups excluding tert-OH is 1. The normalized spacial score (nSPS) is 12.8. The number of carbonyl (C=O) groups excluding carboxylic acids is 1. The van der Waals surface area contributed by atoms with E-state index >= 15 is 0 Å². The lowest BCUT2D eigenvalue weighted by atomic mass is 9.92. The molecule has 1 unspecified atom stereocenters. The third kappa shape index (κ3) is 6.39. The minimum absolute atomic E-state index is 0.0640. The number of carbonyl (C=O) groups is 1. The Hall–Kier alpha value is -1.69. The fourth-order valence-corrected chi connectivity index (χ4v) is 2.14. The first-order valence-electron chi connectivity index (χ1n) is 7.86. The molecule has 0 bridgehead atoms. The Morgan fingerprint density at radius 1 is 1.27 bits per heavy atom. The zero-order valence-corrected chi connectivity index (χ0v) is 14.0. The summed E-state index contributed by atoms with van der Waals surface area (Å²) < 4.78 is 0. The lowest BCUT2D eigenvalue weighted by molar-refractivity contribution is 0.236. The number of aliphatic hydroxyl groups is 1. The maximum absolute atomic E-state index is 11.9. The molecule has 1 rings (SSSR count). The second-order valence-corrected chi connectivity index (χ2v) is 6.56. The highest BCUT2D eigenvalue weighted by Crippen LogP contribution is 2.19. The molecule has 3 N–H and O–H groups in total. The smallest absolute Gasteiger partial charge is 0.320 e. The van der Waals surface area contributed by atoms with Gasteiger partial charge in [-0.15, -0.1) is 5.10 Å². The van der Waals surface area contributed by atoms with E-state index < -0.39 is 0 Å². The largest absolute Gasteiger partial charge is 0.396 e. The van der Waals surface area contributed by atoms with Crippen LogP contribution < -0.4 is 10.6 Å². The average molecular weight is 308 g/mol. The molecule has 0 fully saturated rings. The Kier molecular flexibility index (Phi) is 7.24. The maximum Gasteiger partial charge on any atom is 0.320 e. The standard InChI is InChI=1S/C16H28N4O2/c1-5-6-12(9-10-21)11-17-15(22)18-14-8-7-13(19-20-14)16(2,3)4/h7-8,12,21H,5-6,9-11H2,1-4H3,(H2,17,18,20,22). The van der Waals surface area contributed by atoms with E-state index in [-0.39, 0.29) is 18.1 Å². The first-order chi connectivity index (χ1) is 10.4. The summed E-state index contributed by atoms with van der Waals surface area (Å²) in [5.41, 5.74) is 0.815. The molecular formula is C16H28N4O2. The molecular weight excluding hydrogens is 280 g/mol. The molecule has 2 amide bonds. The topological polar surface area (TPSA) is 87.1 Å². The van der Waals surface area contributed by atoms with Crippen LogP contribution in [0.15, 0.2) is 12.1 Å². The molecule has 1 heterocycles. The number of aromatic nitrogens is 2. The van der Waals surface area contributed by atoms with Crippen LogP contribution in [-0.4, -0.2) is 34.5 Å². The van der Waals surface area contributed by atoms with Gasteiger partial charge in [0.05, 0.1) is 5.69 Å². The van der Waals surface area contributed by atoms with Gasteiger partial charge in [0.2, 0.25) is 0 Å². The molecule has 0 saturated carbocycles. The Bertz CT molecular complexity index is 448. The van der Waals surface area contributed by atoms with E-state index in [0.29, 0.717) is 24.7 Å². The Labute approximate surface area is 132 Å². The molecule has 22 heavy (non-hydrogen) atoms. The van der Waals surface area contributed by atoms with Gasteiger partial charge in [-0.05, 0) is 30.9 Å². The van der Waals surface area contributed by atoms with Crippen LogP contribution in [0.25, 0.3) is 0 Å². The molecule has 0 spiro atoms. The van der Waals surface area contributed by atoms with E-state index in [1.165, 1.54) is 0 Å². The van der Waals surface area contributed by atoms with Crippen molar-refractivity contribution in [2.45, 2.75) is 52.4 Å². The number of urea groups is 1. The zero-order chi connectivity index (χ0) is 16.6. The van der Waals surface area contributed by atoms with Crippen molar-refractivity contribution in [3.8, 4) is 0 Å². The highest BCUT2D eigenvalue weighted by atomic mass is 16.3. The molecule has 6 heteroatoms. The molecule has 1 aromatic heterocycles. The van der Waals surface area contributed by atoms with Crippen molar-refractivity contribution in [3.63, 3.8) is 0 Å². The number of nitrogens with one attached hydrogen (secondary N) is 2. The van der Waals surface area contributed by atoms with E-state index in [9.17, 15) is 4.79 Å². The van der Waals surface area contributed by atoms with Gasteiger partial charge in [-0.1, -0.05) is 34.1 Å². The molecule has 124 valence electrons. The first-order valence-corrected chi connectivity index (χ1v) is 7.86. The fraction of sp³-hybridized carbons (Fsp3) is 0.688. The number of nitrogens with zero attached hydrogens (tertiary/aromatic N) is 2. The van der Waals surface area contributed by atoms with Crippen LogP contribution in [0.1, 0.15) is 52.7 Å². The third-order valence-electron chi connectivity index (χ3n) is 3.46. The predicted octanol–water partition coefficient (Wildman–Crippen LogP) is 2.69. The lowest BCUT2D eigenvalue weighted by Gasteiger charge is -2.17. The highest BCUT2D eigenvalue weighted by molar-refractivity contribution is 5.88. The molecule has 0 aromatic carbocycles. The molecule has 0 aliphatic heterocycles. The van der Waals surface area contributed by atoms with Crippen molar-refractivity contribution < 1.29 is 9.90 Å². The Morgan fingerprint density at radius 2 is 2.00 bits per heavy atom. The molecule has 0 aliphatic carbocycles. The number of rotatable bonds is 7. The van der Waals surface area contributed by atoms with Gasteiger partial charge in [0.1, 0.15) is 0 Å². The predicted molar refractivity (Wildman–Crippen MR) is 87.9 cm³/mol. The summed E-state index contributed by atoms with van der Waals surface area (Å²) in [7, 11) is 0. The van der Waals surface area contributed by atoms with Crippen molar-refractivity contribution >= 4 is 11.8 Å². The van der Waals surface area contributed by atoms with Crippen molar-refractivity contribution in [1.82, 2.24) is 15.5 Å². The van der Waals surface area contributed by atoms with Gasteiger partial charge < -0.3 is 10.4 Å². The molecule has 1 aromatic rings. The summed E-state index contributed by atoms with van der Waals surface area (Å²) in [5, 5.41) is 22.7. The van der Waals surface area contributed by atoms with Crippen molar-refractivity contribution in [2.75, 3.05) is 18.5 Å². The molecule has 6 nitrogen and oxygen atoms in total. The zero-order valence-electron chi connectivity index (χ0n) is 14.0. The van der Waals surface area contributed by atoms with Gasteiger partial charge in [-0.3, -0.25) is 5.32 Å². The van der Waals surface area contributed by atoms with Gasteiger partial charge in [-0.25, -0.2) is 4.79 Å². The maximum atomic E-state index is 11.9. The highest BCUT2D eigenvalue weighted by Gasteiger charge is 2.16. The van der Waals surface area contributed by atoms with E-state index in [4.69, 9.17) is 5.11 Å². The summed E-state index contributed by atoms with van der Waals surface area (Å²) in [6, 6.07) is 3.33. The van der Waals surface area contributed by atoms with E-state index in [1.807, 2.05) is 6.07 Å². The number of hydrogen-bond donors (Lipinski definition) is 3. The van der Waals surface area contributed by atoms with Gasteiger partial charge in [0.25, 0.3) is 0 Å². The van der Waals surface area contributed by atoms with Crippen LogP contribution in [0.2, 0.25) is 0 Å². The SMILES string of the molecule is CCCC(CCO)CNC(=O)Nc1ccc(C(C)(C)C)nn1. The van der Waals surface area contributed by atoms with Crippen LogP contribution in [0.3, 0.4) is 0 Å². The number of amides is 2. The summed E-state index contributed by atoms with van der Waals surface area (Å²) in [6.45, 7) is 8.97. The van der Waals surface area contributed by atoms with Crippen molar-refractivity contribution in [3.05, 3.63) is 17.8 Å². The second kappa shape index (κ2) is 8.68. The van der Waals surface area contributed by atoms with Gasteiger partial charge in [-0.2, -0.15) is 5.10 Å². The minimum atomic E-state index is -0.295. The van der Waals surface area contributed by atoms with Crippen LogP contribution in [0.5, 0.6) is 0 Å². The Balaban J connectivity index is 2.47. The van der Waals surface area contributed by atoms with E-state index in [1.54, 1.807) is 6.07 Å². The summed E-state index contributed by atoms with van der Waals surface area (Å²) >= 11 is 0. The van der Waals surface area contributed by atoms with Crippen molar-refractivity contribution in [1.29, 1.82) is 0 Å². The average Bonchev–Trinajstić information content (AvgIpc) is 2.45. The van der Waals surface area contributed by atoms with Crippen LogP contribution >= 0.6 is 0 Å². The van der Waals surface area contributed by atoms with E-state index in [0.717, 1.165) is 18.5 Å². The Morgan fingerprint density at radius 3 is 2.50 bits per heavy atom. The fourth-order valence-electron chi connectivity index (χ4n) is 2.14. The van der Waals surface area contributed by atoms with Crippen LogP contribution in [0.4, 0.5) is 10.6 Å². The molecule has 0 saturated heterocycles. The molecule has 0 aliphatic rings. The number of anilines is 1. The monoisotopic (exact) mass is 308 g/mol. The second-order valence-electron chi connectivity index (χ2n) is 6.56. The summed E-state index contributed by atoms with van der Waals surface area (Å²) in [4.78, 5) is 11.9. The van der Waals surface area contributed by atoms with Crippen LogP contribution in [-0.2, 0) is 5.41 Å². The van der Waals surface area contributed by atoms with Gasteiger partial charge >= 0.3 is 6.03 Å². The van der Waals surface area contributed by atoms with Gasteiger partial charge in [0, 0.05) is 18.6 Å². The first kappa shape index (κ1) is 18.4. The van der Waals surface area contributed by atoms with Crippen molar-refractivity contribution in [2.24, 2.45) is 5.92 Å². The minimum Gasteiger partial charge on any atom is -0.396 e. The van der Waals surface area contributed by atoms with Gasteiger partial charge in [0.15, 0.2) is 5.82 Å². The lowest BCUT2D eigenvalue weighted by Crippen LogP contribution is -2.33. The summed E-state index contributed by atoms with van der Waals surface area (Å²) in [6.07, 6.45) is 2.73. The summed E-state index contributed by atoms with van der Waals surface area (Å²) in [5.74, 6) is 0.731. The third-order valence-corrected chi connectivity index (χ3v) is 3.46. The quantitative estimate of drug-likeness (QED) is 0.722. The van der Waals surface area contributed by atoms with Crippen LogP contribution in [0, 0.1) is 5.92 Å².